The normalized spacial score (nSPS) is 14.9. The summed E-state index contributed by atoms with van der Waals surface area (Å²) in [6.45, 7) is 0.0868. The highest BCUT2D eigenvalue weighted by atomic mass is 32.2. The van der Waals surface area contributed by atoms with E-state index >= 15 is 0 Å². The van der Waals surface area contributed by atoms with E-state index in [2.05, 4.69) is 15.0 Å². The molecule has 0 amide bonds. The fourth-order valence-electron chi connectivity index (χ4n) is 3.27. The van der Waals surface area contributed by atoms with Crippen LogP contribution in [0.15, 0.2) is 39.0 Å². The summed E-state index contributed by atoms with van der Waals surface area (Å²) in [5, 5.41) is 0.924. The van der Waals surface area contributed by atoms with Crippen LogP contribution in [-0.4, -0.2) is 24.8 Å². The van der Waals surface area contributed by atoms with Crippen molar-refractivity contribution in [3.63, 3.8) is 0 Å². The number of hydrogen-bond acceptors (Lipinski definition) is 6. The van der Waals surface area contributed by atoms with Gasteiger partial charge < -0.3 is 10.7 Å². The lowest BCUT2D eigenvalue weighted by molar-refractivity contribution is 0.626. The first kappa shape index (κ1) is 17.7. The number of aromatic nitrogens is 4. The maximum atomic E-state index is 13.2. The molecule has 9 heteroatoms. The lowest BCUT2D eigenvalue weighted by Crippen LogP contribution is -2.37. The molecule has 140 valence electrons. The number of nitrogen functional groups attached to an aromatic ring is 1. The third-order valence-corrected chi connectivity index (χ3v) is 5.86. The summed E-state index contributed by atoms with van der Waals surface area (Å²) in [6.07, 6.45) is 4.56. The standard InChI is InChI=1S/C18H18FN5O2S/c19-11-7-5-10(6-8-11)9-24-15-13(21-16(25)17(24)26)14(20)22-18(23-15)27-12-3-1-2-4-12/h5-8,12H,1-4,9H2,(H,21,25)(H2,20,22,23). The number of nitrogens with one attached hydrogen (secondary N) is 1. The highest BCUT2D eigenvalue weighted by Gasteiger charge is 2.20. The summed E-state index contributed by atoms with van der Waals surface area (Å²) in [4.78, 5) is 35.8. The van der Waals surface area contributed by atoms with Gasteiger partial charge in [-0.05, 0) is 30.5 Å². The van der Waals surface area contributed by atoms with Gasteiger partial charge in [-0.15, -0.1) is 0 Å². The predicted molar refractivity (Wildman–Crippen MR) is 102 cm³/mol. The number of rotatable bonds is 4. The summed E-state index contributed by atoms with van der Waals surface area (Å²) >= 11 is 1.55. The van der Waals surface area contributed by atoms with E-state index in [0.29, 0.717) is 16.0 Å². The van der Waals surface area contributed by atoms with Crippen LogP contribution in [0.25, 0.3) is 11.2 Å². The van der Waals surface area contributed by atoms with Gasteiger partial charge in [-0.1, -0.05) is 36.7 Å². The molecule has 3 aromatic rings. The van der Waals surface area contributed by atoms with Crippen LogP contribution in [0, 0.1) is 5.82 Å². The van der Waals surface area contributed by atoms with Gasteiger partial charge in [0.25, 0.3) is 0 Å². The minimum Gasteiger partial charge on any atom is -0.382 e. The quantitative estimate of drug-likeness (QED) is 0.525. The van der Waals surface area contributed by atoms with Gasteiger partial charge in [-0.25, -0.2) is 14.4 Å². The van der Waals surface area contributed by atoms with Crippen molar-refractivity contribution in [3.8, 4) is 0 Å². The average molecular weight is 387 g/mol. The number of fused-ring (bicyclic) bond motifs is 1. The Hall–Kier alpha value is -2.68. The minimum atomic E-state index is -0.795. The second-order valence-corrected chi connectivity index (χ2v) is 7.85. The molecule has 0 unspecified atom stereocenters. The van der Waals surface area contributed by atoms with Crippen molar-refractivity contribution in [1.29, 1.82) is 0 Å². The maximum absolute atomic E-state index is 13.2. The van der Waals surface area contributed by atoms with Crippen LogP contribution in [-0.2, 0) is 6.54 Å². The Morgan fingerprint density at radius 2 is 1.89 bits per heavy atom. The molecule has 2 aromatic heterocycles. The number of halogens is 1. The van der Waals surface area contributed by atoms with E-state index in [1.807, 2.05) is 0 Å². The molecule has 0 atom stereocenters. The molecule has 1 saturated carbocycles. The molecule has 0 aliphatic heterocycles. The number of thioether (sulfide) groups is 1. The Balaban J connectivity index is 1.83. The number of anilines is 1. The molecule has 1 fully saturated rings. The van der Waals surface area contributed by atoms with Crippen molar-refractivity contribution >= 4 is 28.7 Å². The molecule has 7 nitrogen and oxygen atoms in total. The van der Waals surface area contributed by atoms with Gasteiger partial charge in [0.15, 0.2) is 16.6 Å². The zero-order chi connectivity index (χ0) is 19.0. The van der Waals surface area contributed by atoms with Gasteiger partial charge in [0.05, 0.1) is 6.54 Å². The highest BCUT2D eigenvalue weighted by molar-refractivity contribution is 7.99. The summed E-state index contributed by atoms with van der Waals surface area (Å²) in [5.41, 5.74) is 5.69. The lowest BCUT2D eigenvalue weighted by atomic mass is 10.2. The van der Waals surface area contributed by atoms with E-state index in [0.717, 1.165) is 12.8 Å². The van der Waals surface area contributed by atoms with Crippen LogP contribution >= 0.6 is 11.8 Å². The average Bonchev–Trinajstić information content (AvgIpc) is 3.15. The number of nitrogens with two attached hydrogens (primary N) is 1. The molecule has 0 bridgehead atoms. The van der Waals surface area contributed by atoms with Crippen LogP contribution in [0.2, 0.25) is 0 Å². The third-order valence-electron chi connectivity index (χ3n) is 4.66. The second kappa shape index (κ2) is 7.15. The number of benzene rings is 1. The van der Waals surface area contributed by atoms with Gasteiger partial charge in [0, 0.05) is 5.25 Å². The molecule has 0 spiro atoms. The van der Waals surface area contributed by atoms with E-state index in [4.69, 9.17) is 5.73 Å². The number of H-pyrrole nitrogens is 1. The first-order valence-electron chi connectivity index (χ1n) is 8.73. The minimum absolute atomic E-state index is 0.0868. The Morgan fingerprint density at radius 1 is 1.19 bits per heavy atom. The van der Waals surface area contributed by atoms with Crippen LogP contribution in [0.1, 0.15) is 31.2 Å². The van der Waals surface area contributed by atoms with Crippen LogP contribution < -0.4 is 16.9 Å². The van der Waals surface area contributed by atoms with Crippen LogP contribution in [0.3, 0.4) is 0 Å². The van der Waals surface area contributed by atoms with E-state index in [9.17, 15) is 14.0 Å². The molecule has 27 heavy (non-hydrogen) atoms. The Bertz CT molecular complexity index is 1100. The van der Waals surface area contributed by atoms with Crippen molar-refractivity contribution in [1.82, 2.24) is 19.5 Å². The number of nitrogens with zero attached hydrogens (tertiary/aromatic N) is 3. The van der Waals surface area contributed by atoms with Gasteiger partial charge in [-0.2, -0.15) is 0 Å². The molecule has 1 aliphatic rings. The zero-order valence-electron chi connectivity index (χ0n) is 14.4. The zero-order valence-corrected chi connectivity index (χ0v) is 15.3. The summed E-state index contributed by atoms with van der Waals surface area (Å²) in [7, 11) is 0. The smallest absolute Gasteiger partial charge is 0.318 e. The molecule has 3 N–H and O–H groups in total. The number of hydrogen-bond donors (Lipinski definition) is 2. The topological polar surface area (TPSA) is 107 Å². The predicted octanol–water partition coefficient (Wildman–Crippen LogP) is 2.28. The van der Waals surface area contributed by atoms with Crippen LogP contribution in [0.4, 0.5) is 10.2 Å². The van der Waals surface area contributed by atoms with Crippen molar-refractivity contribution in [2.45, 2.75) is 42.6 Å². The van der Waals surface area contributed by atoms with E-state index in [1.165, 1.54) is 29.5 Å². The van der Waals surface area contributed by atoms with Crippen molar-refractivity contribution < 1.29 is 4.39 Å². The highest BCUT2D eigenvalue weighted by Crippen LogP contribution is 2.33. The first-order valence-corrected chi connectivity index (χ1v) is 9.60. The molecule has 4 rings (SSSR count). The monoisotopic (exact) mass is 387 g/mol. The van der Waals surface area contributed by atoms with Crippen molar-refractivity contribution in [3.05, 3.63) is 56.4 Å². The summed E-state index contributed by atoms with van der Waals surface area (Å²) in [6, 6.07) is 5.74. The van der Waals surface area contributed by atoms with E-state index in [-0.39, 0.29) is 29.3 Å². The largest absolute Gasteiger partial charge is 0.382 e. The maximum Gasteiger partial charge on any atom is 0.318 e. The Morgan fingerprint density at radius 3 is 2.59 bits per heavy atom. The summed E-state index contributed by atoms with van der Waals surface area (Å²) in [5.74, 6) is -0.242. The van der Waals surface area contributed by atoms with Gasteiger partial charge >= 0.3 is 11.1 Å². The Labute approximate surface area is 157 Å². The molecule has 1 aliphatic carbocycles. The molecular weight excluding hydrogens is 369 g/mol. The molecule has 0 radical (unpaired) electrons. The molecule has 0 saturated heterocycles. The van der Waals surface area contributed by atoms with Gasteiger partial charge in [0.2, 0.25) is 0 Å². The van der Waals surface area contributed by atoms with Crippen LogP contribution in [0.5, 0.6) is 0 Å². The lowest BCUT2D eigenvalue weighted by Gasteiger charge is -2.13. The fraction of sp³-hybridized carbons (Fsp3) is 0.333. The third kappa shape index (κ3) is 3.59. The summed E-state index contributed by atoms with van der Waals surface area (Å²) < 4.78 is 14.4. The van der Waals surface area contributed by atoms with Crippen molar-refractivity contribution in [2.75, 3.05) is 5.73 Å². The molecular formula is C18H18FN5O2S. The van der Waals surface area contributed by atoms with Crippen molar-refractivity contribution in [2.24, 2.45) is 0 Å². The number of aromatic amines is 1. The SMILES string of the molecule is Nc1nc(SC2CCCC2)nc2c1[nH]c(=O)c(=O)n2Cc1ccc(F)cc1. The Kier molecular flexibility index (Phi) is 4.69. The fourth-order valence-corrected chi connectivity index (χ4v) is 4.43. The van der Waals surface area contributed by atoms with E-state index < -0.39 is 11.1 Å². The first-order chi connectivity index (χ1) is 13.0. The molecule has 2 heterocycles. The second-order valence-electron chi connectivity index (χ2n) is 6.59. The van der Waals surface area contributed by atoms with Gasteiger partial charge in [0.1, 0.15) is 11.3 Å². The van der Waals surface area contributed by atoms with E-state index in [1.54, 1.807) is 23.9 Å². The molecule has 1 aromatic carbocycles. The van der Waals surface area contributed by atoms with Gasteiger partial charge in [-0.3, -0.25) is 14.2 Å².